The molecule has 0 spiro atoms. The summed E-state index contributed by atoms with van der Waals surface area (Å²) in [6.07, 6.45) is 6.83. The number of nitrogens with one attached hydrogen (secondary N) is 1. The molecule has 2 aromatic rings. The highest BCUT2D eigenvalue weighted by atomic mass is 32.1. The van der Waals surface area contributed by atoms with Crippen molar-refractivity contribution in [2.45, 2.75) is 32.2 Å². The van der Waals surface area contributed by atoms with Crippen LogP contribution >= 0.6 is 11.3 Å². The molecule has 0 saturated carbocycles. The van der Waals surface area contributed by atoms with Gasteiger partial charge in [0.15, 0.2) is 0 Å². The topological polar surface area (TPSA) is 92.2 Å². The highest BCUT2D eigenvalue weighted by molar-refractivity contribution is 7.16. The van der Waals surface area contributed by atoms with Crippen LogP contribution in [0, 0.1) is 0 Å². The van der Waals surface area contributed by atoms with Crippen LogP contribution in [0.5, 0.6) is 0 Å². The van der Waals surface area contributed by atoms with Crippen LogP contribution in [-0.2, 0) is 4.79 Å². The number of rotatable bonds is 7. The maximum absolute atomic E-state index is 12.2. The Morgan fingerprint density at radius 1 is 1.36 bits per heavy atom. The van der Waals surface area contributed by atoms with E-state index in [9.17, 15) is 9.59 Å². The van der Waals surface area contributed by atoms with E-state index >= 15 is 0 Å². The van der Waals surface area contributed by atoms with Gasteiger partial charge in [-0.25, -0.2) is 9.78 Å². The van der Waals surface area contributed by atoms with Gasteiger partial charge in [-0.15, -0.1) is 11.3 Å². The van der Waals surface area contributed by atoms with Crippen LogP contribution in [-0.4, -0.2) is 33.0 Å². The molecule has 2 N–H and O–H groups in total. The molecule has 0 bridgehead atoms. The molecule has 0 aliphatic heterocycles. The first kappa shape index (κ1) is 16.1. The summed E-state index contributed by atoms with van der Waals surface area (Å²) >= 11 is 1.23. The summed E-state index contributed by atoms with van der Waals surface area (Å²) in [7, 11) is 0. The number of unbranched alkanes of at least 4 members (excludes halogenated alkanes) is 1. The predicted molar refractivity (Wildman–Crippen MR) is 83.8 cm³/mol. The van der Waals surface area contributed by atoms with Crippen molar-refractivity contribution in [3.05, 3.63) is 35.6 Å². The summed E-state index contributed by atoms with van der Waals surface area (Å²) in [6, 6.07) is 2.75. The molecule has 0 fully saturated rings. The van der Waals surface area contributed by atoms with Gasteiger partial charge in [0.2, 0.25) is 0 Å². The number of hydrogen-bond donors (Lipinski definition) is 2. The predicted octanol–water partition coefficient (Wildman–Crippen LogP) is 2.58. The van der Waals surface area contributed by atoms with E-state index in [0.29, 0.717) is 16.3 Å². The number of aromatic nitrogens is 2. The van der Waals surface area contributed by atoms with Crippen molar-refractivity contribution in [3.8, 4) is 10.6 Å². The van der Waals surface area contributed by atoms with Gasteiger partial charge in [0, 0.05) is 18.0 Å². The average Bonchev–Trinajstić information content (AvgIpc) is 3.02. The highest BCUT2D eigenvalue weighted by Crippen LogP contribution is 2.24. The summed E-state index contributed by atoms with van der Waals surface area (Å²) in [5.74, 6) is -1.41. The monoisotopic (exact) mass is 319 g/mol. The van der Waals surface area contributed by atoms with Gasteiger partial charge in [-0.3, -0.25) is 9.78 Å². The minimum absolute atomic E-state index is 0.398. The van der Waals surface area contributed by atoms with Crippen LogP contribution in [0.15, 0.2) is 30.7 Å². The maximum Gasteiger partial charge on any atom is 0.326 e. The number of pyridine rings is 1. The smallest absolute Gasteiger partial charge is 0.326 e. The van der Waals surface area contributed by atoms with E-state index in [4.69, 9.17) is 5.11 Å². The van der Waals surface area contributed by atoms with Crippen molar-refractivity contribution in [2.75, 3.05) is 0 Å². The van der Waals surface area contributed by atoms with E-state index in [2.05, 4.69) is 15.3 Å². The summed E-state index contributed by atoms with van der Waals surface area (Å²) in [5.41, 5.74) is 0.875. The summed E-state index contributed by atoms with van der Waals surface area (Å²) in [5, 5.41) is 12.4. The Balaban J connectivity index is 2.06. The first-order valence-electron chi connectivity index (χ1n) is 7.01. The molecule has 2 aromatic heterocycles. The summed E-state index contributed by atoms with van der Waals surface area (Å²) in [4.78, 5) is 31.9. The fourth-order valence-electron chi connectivity index (χ4n) is 1.90. The van der Waals surface area contributed by atoms with Crippen LogP contribution in [0.2, 0.25) is 0 Å². The molecule has 0 aliphatic carbocycles. The van der Waals surface area contributed by atoms with Crippen LogP contribution < -0.4 is 5.32 Å². The molecule has 1 atom stereocenters. The van der Waals surface area contributed by atoms with Crippen LogP contribution in [0.3, 0.4) is 0 Å². The van der Waals surface area contributed by atoms with Crippen LogP contribution in [0.25, 0.3) is 10.6 Å². The van der Waals surface area contributed by atoms with Crippen LogP contribution in [0.1, 0.15) is 35.9 Å². The zero-order valence-corrected chi connectivity index (χ0v) is 13.0. The van der Waals surface area contributed by atoms with Gasteiger partial charge < -0.3 is 10.4 Å². The number of nitrogens with zero attached hydrogens (tertiary/aromatic N) is 2. The number of amides is 1. The van der Waals surface area contributed by atoms with E-state index in [1.54, 1.807) is 12.4 Å². The van der Waals surface area contributed by atoms with Crippen molar-refractivity contribution < 1.29 is 14.7 Å². The van der Waals surface area contributed by atoms with E-state index in [0.717, 1.165) is 18.4 Å². The van der Waals surface area contributed by atoms with Gasteiger partial charge in [0.1, 0.15) is 15.9 Å². The van der Waals surface area contributed by atoms with Gasteiger partial charge in [-0.1, -0.05) is 19.8 Å². The molecule has 2 heterocycles. The molecule has 6 nitrogen and oxygen atoms in total. The average molecular weight is 319 g/mol. The molecule has 0 aromatic carbocycles. The Morgan fingerprint density at radius 2 is 2.09 bits per heavy atom. The van der Waals surface area contributed by atoms with E-state index < -0.39 is 17.9 Å². The van der Waals surface area contributed by atoms with Crippen molar-refractivity contribution >= 4 is 23.2 Å². The zero-order valence-electron chi connectivity index (χ0n) is 12.2. The Kier molecular flexibility index (Phi) is 5.60. The second-order valence-corrected chi connectivity index (χ2v) is 5.80. The number of aliphatic carboxylic acids is 1. The molecular weight excluding hydrogens is 302 g/mol. The third kappa shape index (κ3) is 4.11. The molecule has 0 unspecified atom stereocenters. The van der Waals surface area contributed by atoms with Gasteiger partial charge in [0.25, 0.3) is 5.91 Å². The van der Waals surface area contributed by atoms with E-state index in [1.165, 1.54) is 17.5 Å². The molecule has 0 radical (unpaired) electrons. The molecule has 22 heavy (non-hydrogen) atoms. The third-order valence-electron chi connectivity index (χ3n) is 3.11. The summed E-state index contributed by atoms with van der Waals surface area (Å²) in [6.45, 7) is 1.98. The van der Waals surface area contributed by atoms with E-state index in [-0.39, 0.29) is 0 Å². The molecule has 0 aliphatic rings. The quantitative estimate of drug-likeness (QED) is 0.818. The standard InChI is InChI=1S/C15H17N3O3S/c1-2-3-4-11(15(20)21)18-13(19)12-9-17-14(22-12)10-5-7-16-8-6-10/h5-9,11H,2-4H2,1H3,(H,18,19)(H,20,21)/t11-/m0/s1. The molecule has 7 heteroatoms. The minimum Gasteiger partial charge on any atom is -0.480 e. The zero-order chi connectivity index (χ0) is 15.9. The molecule has 1 amide bonds. The van der Waals surface area contributed by atoms with Crippen molar-refractivity contribution in [2.24, 2.45) is 0 Å². The lowest BCUT2D eigenvalue weighted by molar-refractivity contribution is -0.139. The Bertz CT molecular complexity index is 642. The maximum atomic E-state index is 12.2. The second kappa shape index (κ2) is 7.65. The molecule has 0 saturated heterocycles. The Morgan fingerprint density at radius 3 is 2.73 bits per heavy atom. The van der Waals surface area contributed by atoms with Gasteiger partial charge >= 0.3 is 5.97 Å². The lowest BCUT2D eigenvalue weighted by Gasteiger charge is -2.12. The van der Waals surface area contributed by atoms with Gasteiger partial charge in [0.05, 0.1) is 6.20 Å². The number of thiazole rings is 1. The third-order valence-corrected chi connectivity index (χ3v) is 4.15. The van der Waals surface area contributed by atoms with Gasteiger partial charge in [-0.2, -0.15) is 0 Å². The number of carboxylic acid groups (broad SMARTS) is 1. The van der Waals surface area contributed by atoms with Crippen molar-refractivity contribution in [3.63, 3.8) is 0 Å². The van der Waals surface area contributed by atoms with Crippen LogP contribution in [0.4, 0.5) is 0 Å². The molecule has 2 rings (SSSR count). The van der Waals surface area contributed by atoms with Crippen molar-refractivity contribution in [1.82, 2.24) is 15.3 Å². The SMILES string of the molecule is CCCC[C@H](NC(=O)c1cnc(-c2ccncc2)s1)C(=O)O. The minimum atomic E-state index is -1.01. The number of carboxylic acids is 1. The van der Waals surface area contributed by atoms with Crippen molar-refractivity contribution in [1.29, 1.82) is 0 Å². The van der Waals surface area contributed by atoms with Gasteiger partial charge in [-0.05, 0) is 18.6 Å². The Labute approximate surface area is 132 Å². The first-order chi connectivity index (χ1) is 10.6. The number of carbonyl (C=O) groups is 2. The lowest BCUT2D eigenvalue weighted by atomic mass is 10.1. The normalized spacial score (nSPS) is 11.9. The lowest BCUT2D eigenvalue weighted by Crippen LogP contribution is -2.40. The number of hydrogen-bond acceptors (Lipinski definition) is 5. The largest absolute Gasteiger partial charge is 0.480 e. The highest BCUT2D eigenvalue weighted by Gasteiger charge is 2.21. The number of carbonyl (C=O) groups excluding carboxylic acids is 1. The van der Waals surface area contributed by atoms with E-state index in [1.807, 2.05) is 19.1 Å². The second-order valence-electron chi connectivity index (χ2n) is 4.77. The summed E-state index contributed by atoms with van der Waals surface area (Å²) < 4.78 is 0. The molecule has 116 valence electrons. The fourth-order valence-corrected chi connectivity index (χ4v) is 2.73. The Hall–Kier alpha value is -2.28. The first-order valence-corrected chi connectivity index (χ1v) is 7.83. The fraction of sp³-hybridized carbons (Fsp3) is 0.333. The molecular formula is C15H17N3O3S.